The number of sulfone groups is 1. The molecule has 2 rings (SSSR count). The Morgan fingerprint density at radius 2 is 2.00 bits per heavy atom. The third-order valence-electron chi connectivity index (χ3n) is 2.73. The minimum absolute atomic E-state index is 0.441. The van der Waals surface area contributed by atoms with E-state index < -0.39 is 9.84 Å². The maximum atomic E-state index is 12.3. The summed E-state index contributed by atoms with van der Waals surface area (Å²) in [5, 5.41) is 0.441. The molecule has 1 aromatic rings. The van der Waals surface area contributed by atoms with E-state index in [4.69, 9.17) is 0 Å². The van der Waals surface area contributed by atoms with Gasteiger partial charge in [-0.3, -0.25) is 0 Å². The Hall–Kier alpha value is -0.740. The quantitative estimate of drug-likeness (QED) is 0.844. The maximum absolute atomic E-state index is 12.3. The first kappa shape index (κ1) is 12.7. The Kier molecular flexibility index (Phi) is 3.36. The predicted octanol–water partition coefficient (Wildman–Crippen LogP) is 3.26. The van der Waals surface area contributed by atoms with Crippen molar-refractivity contribution in [3.8, 4) is 0 Å². The van der Waals surface area contributed by atoms with Gasteiger partial charge in [0.05, 0.1) is 9.80 Å². The largest absolute Gasteiger partial charge is 0.219 e. The summed E-state index contributed by atoms with van der Waals surface area (Å²) in [6, 6.07) is 5.62. The number of benzene rings is 1. The van der Waals surface area contributed by atoms with Gasteiger partial charge >= 0.3 is 0 Å². The Morgan fingerprint density at radius 3 is 2.59 bits per heavy atom. The minimum Gasteiger partial charge on any atom is -0.219 e. The number of aryl methyl sites for hydroxylation is 1. The normalized spacial score (nSPS) is 17.1. The second-order valence-corrected chi connectivity index (χ2v) is 7.97. The van der Waals surface area contributed by atoms with Crippen LogP contribution in [0.15, 0.2) is 28.0 Å². The van der Waals surface area contributed by atoms with Gasteiger partial charge < -0.3 is 0 Å². The van der Waals surface area contributed by atoms with Gasteiger partial charge in [0.25, 0.3) is 0 Å². The zero-order valence-corrected chi connectivity index (χ0v) is 11.9. The molecule has 0 saturated carbocycles. The maximum Gasteiger partial charge on any atom is 0.204 e. The molecule has 4 heteroatoms. The molecule has 0 fully saturated rings. The molecule has 1 aromatic carbocycles. The Bertz CT molecular complexity index is 569. The van der Waals surface area contributed by atoms with E-state index in [1.165, 1.54) is 0 Å². The van der Waals surface area contributed by atoms with Crippen molar-refractivity contribution in [1.82, 2.24) is 0 Å². The van der Waals surface area contributed by atoms with Crippen molar-refractivity contribution < 1.29 is 8.42 Å². The zero-order valence-electron chi connectivity index (χ0n) is 10.2. The molecule has 17 heavy (non-hydrogen) atoms. The summed E-state index contributed by atoms with van der Waals surface area (Å²) in [5.41, 5.74) is 1.67. The smallest absolute Gasteiger partial charge is 0.204 e. The van der Waals surface area contributed by atoms with Crippen molar-refractivity contribution in [2.24, 2.45) is 0 Å². The molecular weight excluding hydrogens is 252 g/mol. The first-order valence-corrected chi connectivity index (χ1v) is 8.13. The molecule has 2 nitrogen and oxygen atoms in total. The van der Waals surface area contributed by atoms with Crippen molar-refractivity contribution in [3.63, 3.8) is 0 Å². The van der Waals surface area contributed by atoms with Gasteiger partial charge in [-0.05, 0) is 29.4 Å². The topological polar surface area (TPSA) is 34.1 Å². The first-order valence-electron chi connectivity index (χ1n) is 5.60. The fourth-order valence-corrected chi connectivity index (χ4v) is 4.79. The van der Waals surface area contributed by atoms with Crippen LogP contribution >= 0.6 is 11.8 Å². The van der Waals surface area contributed by atoms with E-state index in [0.29, 0.717) is 20.8 Å². The van der Waals surface area contributed by atoms with E-state index in [0.717, 1.165) is 11.1 Å². The van der Waals surface area contributed by atoms with Crippen LogP contribution in [0, 0.1) is 6.92 Å². The van der Waals surface area contributed by atoms with Crippen LogP contribution in [0.3, 0.4) is 0 Å². The highest BCUT2D eigenvalue weighted by molar-refractivity contribution is 8.02. The molecule has 92 valence electrons. The first-order chi connectivity index (χ1) is 7.93. The van der Waals surface area contributed by atoms with Crippen molar-refractivity contribution in [2.75, 3.05) is 5.75 Å². The highest BCUT2D eigenvalue weighted by Gasteiger charge is 2.30. The van der Waals surface area contributed by atoms with E-state index >= 15 is 0 Å². The molecule has 0 N–H and O–H groups in total. The van der Waals surface area contributed by atoms with Crippen LogP contribution in [-0.2, 0) is 9.84 Å². The van der Waals surface area contributed by atoms with Crippen molar-refractivity contribution in [1.29, 1.82) is 0 Å². The molecule has 0 saturated heterocycles. The van der Waals surface area contributed by atoms with Crippen LogP contribution in [0.5, 0.6) is 0 Å². The molecule has 0 atom stereocenters. The summed E-state index contributed by atoms with van der Waals surface area (Å²) < 4.78 is 24.7. The van der Waals surface area contributed by atoms with Crippen LogP contribution in [0.1, 0.15) is 25.0 Å². The van der Waals surface area contributed by atoms with Gasteiger partial charge in [0.15, 0.2) is 0 Å². The lowest BCUT2D eigenvalue weighted by Crippen LogP contribution is -2.05. The molecule has 0 radical (unpaired) electrons. The standard InChI is InChI=1S/C13H16O2S2/c1-9(2)16-8-12-7-11-6-4-5-10(3)13(11)17(12,14)15/h4-7,9H,8H2,1-3H3. The van der Waals surface area contributed by atoms with Crippen LogP contribution in [0.25, 0.3) is 6.08 Å². The predicted molar refractivity (Wildman–Crippen MR) is 73.9 cm³/mol. The summed E-state index contributed by atoms with van der Waals surface area (Å²) in [7, 11) is -3.23. The second-order valence-electron chi connectivity index (χ2n) is 4.47. The monoisotopic (exact) mass is 268 g/mol. The minimum atomic E-state index is -3.23. The van der Waals surface area contributed by atoms with Crippen LogP contribution in [0.2, 0.25) is 0 Å². The van der Waals surface area contributed by atoms with Crippen molar-refractivity contribution >= 4 is 27.7 Å². The van der Waals surface area contributed by atoms with Crippen molar-refractivity contribution in [2.45, 2.75) is 30.9 Å². The summed E-state index contributed by atoms with van der Waals surface area (Å²) in [4.78, 5) is 1.04. The number of rotatable bonds is 3. The Morgan fingerprint density at radius 1 is 1.29 bits per heavy atom. The lowest BCUT2D eigenvalue weighted by molar-refractivity contribution is 0.603. The number of thioether (sulfide) groups is 1. The van der Waals surface area contributed by atoms with Crippen LogP contribution in [0.4, 0.5) is 0 Å². The molecule has 0 aliphatic carbocycles. The van der Waals surface area contributed by atoms with Crippen LogP contribution < -0.4 is 0 Å². The fraction of sp³-hybridized carbons (Fsp3) is 0.385. The van der Waals surface area contributed by atoms with E-state index in [1.54, 1.807) is 11.8 Å². The van der Waals surface area contributed by atoms with E-state index in [1.807, 2.05) is 31.2 Å². The lowest BCUT2D eigenvalue weighted by Gasteiger charge is -2.07. The average Bonchev–Trinajstić information content (AvgIpc) is 2.48. The lowest BCUT2D eigenvalue weighted by atomic mass is 10.1. The van der Waals surface area contributed by atoms with E-state index in [-0.39, 0.29) is 0 Å². The summed E-state index contributed by atoms with van der Waals surface area (Å²) in [6.45, 7) is 6.00. The number of fused-ring (bicyclic) bond motifs is 1. The third-order valence-corrected chi connectivity index (χ3v) is 6.11. The molecule has 0 bridgehead atoms. The van der Waals surface area contributed by atoms with Crippen molar-refractivity contribution in [3.05, 3.63) is 34.2 Å². The molecule has 1 aliphatic rings. The number of hydrogen-bond acceptors (Lipinski definition) is 3. The molecule has 0 aromatic heterocycles. The van der Waals surface area contributed by atoms with Gasteiger partial charge in [-0.25, -0.2) is 8.42 Å². The molecule has 0 unspecified atom stereocenters. The molecule has 1 aliphatic heterocycles. The van der Waals surface area contributed by atoms with Crippen LogP contribution in [-0.4, -0.2) is 19.4 Å². The summed E-state index contributed by atoms with van der Waals surface area (Å²) >= 11 is 1.66. The highest BCUT2D eigenvalue weighted by Crippen LogP contribution is 2.36. The van der Waals surface area contributed by atoms with Gasteiger partial charge in [-0.2, -0.15) is 11.8 Å². The SMILES string of the molecule is Cc1cccc2c1S(=O)(=O)C(CSC(C)C)=C2. The van der Waals surface area contributed by atoms with Gasteiger partial charge in [0.2, 0.25) is 9.84 Å². The molecule has 0 spiro atoms. The van der Waals surface area contributed by atoms with Gasteiger partial charge in [-0.1, -0.05) is 32.0 Å². The second kappa shape index (κ2) is 4.50. The van der Waals surface area contributed by atoms with E-state index in [2.05, 4.69) is 13.8 Å². The average molecular weight is 268 g/mol. The Balaban J connectivity index is 2.40. The molecule has 0 amide bonds. The third kappa shape index (κ3) is 2.29. The van der Waals surface area contributed by atoms with Gasteiger partial charge in [-0.15, -0.1) is 0 Å². The Labute approximate surface area is 107 Å². The summed E-state index contributed by atoms with van der Waals surface area (Å²) in [6.07, 6.45) is 1.81. The molecule has 1 heterocycles. The summed E-state index contributed by atoms with van der Waals surface area (Å²) in [5.74, 6) is 0.564. The van der Waals surface area contributed by atoms with Gasteiger partial charge in [0.1, 0.15) is 0 Å². The zero-order chi connectivity index (χ0) is 12.6. The fourth-order valence-electron chi connectivity index (χ4n) is 1.91. The van der Waals surface area contributed by atoms with Gasteiger partial charge in [0, 0.05) is 5.75 Å². The number of hydrogen-bond donors (Lipinski definition) is 0. The highest BCUT2D eigenvalue weighted by atomic mass is 32.2. The van der Waals surface area contributed by atoms with E-state index in [9.17, 15) is 8.42 Å². The molecular formula is C13H16O2S2.